The van der Waals surface area contributed by atoms with E-state index in [1.807, 2.05) is 12.1 Å². The molecule has 0 saturated carbocycles. The number of aromatic nitrogens is 2. The summed E-state index contributed by atoms with van der Waals surface area (Å²) in [6.45, 7) is 1.44. The number of hydrogen-bond donors (Lipinski definition) is 2. The Labute approximate surface area is 164 Å². The van der Waals surface area contributed by atoms with Crippen LogP contribution in [-0.4, -0.2) is 24.1 Å². The van der Waals surface area contributed by atoms with Gasteiger partial charge in [0, 0.05) is 14.9 Å². The Balaban J connectivity index is 1.57. The van der Waals surface area contributed by atoms with Crippen molar-refractivity contribution in [3.63, 3.8) is 0 Å². The number of benzene rings is 1. The third-order valence-electron chi connectivity index (χ3n) is 4.83. The van der Waals surface area contributed by atoms with Gasteiger partial charge in [0.2, 0.25) is 0 Å². The first-order valence-electron chi connectivity index (χ1n) is 8.72. The lowest BCUT2D eigenvalue weighted by atomic mass is 10.2. The lowest BCUT2D eigenvalue weighted by molar-refractivity contribution is -0.908. The van der Waals surface area contributed by atoms with E-state index in [4.69, 9.17) is 9.72 Å². The topological polar surface area (TPSA) is 59.4 Å². The molecule has 0 amide bonds. The van der Waals surface area contributed by atoms with Gasteiger partial charge < -0.3 is 14.6 Å². The van der Waals surface area contributed by atoms with E-state index in [1.165, 1.54) is 15.3 Å². The molecule has 2 N–H and O–H groups in total. The first-order chi connectivity index (χ1) is 12.5. The van der Waals surface area contributed by atoms with Crippen molar-refractivity contribution in [2.75, 3.05) is 14.2 Å². The standard InChI is InChI=1S/C19H20BrN3O2S/c1-23(9-11-8-12(20)6-7-14(11)25-2)10-16-21-18(24)17-13-4-3-5-15(13)26-19(17)22-16/h6-8H,3-5,9-10H2,1-2H3,(H,21,22,24)/p+1. The van der Waals surface area contributed by atoms with Gasteiger partial charge in [-0.2, -0.15) is 0 Å². The van der Waals surface area contributed by atoms with Gasteiger partial charge in [-0.1, -0.05) is 15.9 Å². The third-order valence-corrected chi connectivity index (χ3v) is 6.51. The summed E-state index contributed by atoms with van der Waals surface area (Å²) in [5.74, 6) is 1.62. The molecule has 0 radical (unpaired) electrons. The Morgan fingerprint density at radius 1 is 1.35 bits per heavy atom. The quantitative estimate of drug-likeness (QED) is 0.648. The second kappa shape index (κ2) is 7.13. The number of aromatic amines is 1. The van der Waals surface area contributed by atoms with Gasteiger partial charge in [0.1, 0.15) is 23.7 Å². The molecule has 1 unspecified atom stereocenters. The van der Waals surface area contributed by atoms with Crippen LogP contribution >= 0.6 is 27.3 Å². The number of hydrogen-bond acceptors (Lipinski definition) is 4. The summed E-state index contributed by atoms with van der Waals surface area (Å²) < 4.78 is 6.49. The summed E-state index contributed by atoms with van der Waals surface area (Å²) in [6.07, 6.45) is 3.24. The first-order valence-corrected chi connectivity index (χ1v) is 10.3. The zero-order chi connectivity index (χ0) is 18.3. The highest BCUT2D eigenvalue weighted by molar-refractivity contribution is 9.10. The zero-order valence-corrected chi connectivity index (χ0v) is 17.2. The van der Waals surface area contributed by atoms with E-state index in [-0.39, 0.29) is 5.56 Å². The van der Waals surface area contributed by atoms with Crippen molar-refractivity contribution in [2.24, 2.45) is 0 Å². The number of ether oxygens (including phenoxy) is 1. The number of fused-ring (bicyclic) bond motifs is 3. The largest absolute Gasteiger partial charge is 0.496 e. The monoisotopic (exact) mass is 434 g/mol. The Kier molecular flexibility index (Phi) is 4.86. The predicted octanol–water partition coefficient (Wildman–Crippen LogP) is 2.46. The molecule has 7 heteroatoms. The molecule has 1 aliphatic carbocycles. The van der Waals surface area contributed by atoms with Gasteiger partial charge in [-0.25, -0.2) is 4.98 Å². The van der Waals surface area contributed by atoms with Crippen LogP contribution in [0.1, 0.15) is 28.2 Å². The normalized spacial score (nSPS) is 14.6. The smallest absolute Gasteiger partial charge is 0.260 e. The summed E-state index contributed by atoms with van der Waals surface area (Å²) in [5.41, 5.74) is 2.36. The highest BCUT2D eigenvalue weighted by Crippen LogP contribution is 2.34. The summed E-state index contributed by atoms with van der Waals surface area (Å²) in [7, 11) is 3.78. The van der Waals surface area contributed by atoms with Gasteiger partial charge in [0.15, 0.2) is 5.82 Å². The molecule has 0 spiro atoms. The van der Waals surface area contributed by atoms with Crippen LogP contribution in [0.25, 0.3) is 10.2 Å². The van der Waals surface area contributed by atoms with Crippen LogP contribution in [0.3, 0.4) is 0 Å². The van der Waals surface area contributed by atoms with E-state index in [1.54, 1.807) is 18.4 Å². The maximum absolute atomic E-state index is 12.6. The summed E-state index contributed by atoms with van der Waals surface area (Å²) in [4.78, 5) is 23.8. The minimum atomic E-state index is 0.0113. The Hall–Kier alpha value is -1.70. The van der Waals surface area contributed by atoms with Gasteiger partial charge in [-0.05, 0) is 43.0 Å². The first kappa shape index (κ1) is 17.7. The van der Waals surface area contributed by atoms with Crippen molar-refractivity contribution in [3.8, 4) is 5.75 Å². The third kappa shape index (κ3) is 3.31. The van der Waals surface area contributed by atoms with Crippen molar-refractivity contribution < 1.29 is 9.64 Å². The molecular formula is C19H21BrN3O2S+. The molecule has 3 aromatic rings. The Morgan fingerprint density at radius 2 is 2.19 bits per heavy atom. The number of thiophene rings is 1. The average molecular weight is 435 g/mol. The van der Waals surface area contributed by atoms with Crippen LogP contribution in [0.15, 0.2) is 27.5 Å². The van der Waals surface area contributed by atoms with E-state index >= 15 is 0 Å². The molecule has 2 aromatic heterocycles. The average Bonchev–Trinajstić information content (AvgIpc) is 3.15. The van der Waals surface area contributed by atoms with Crippen LogP contribution < -0.4 is 15.2 Å². The maximum Gasteiger partial charge on any atom is 0.260 e. The molecule has 2 heterocycles. The molecular weight excluding hydrogens is 414 g/mol. The SMILES string of the molecule is COc1ccc(Br)cc1C[NH+](C)Cc1nc2sc3c(c2c(=O)[nH]1)CCC3. The zero-order valence-electron chi connectivity index (χ0n) is 14.8. The fourth-order valence-electron chi connectivity index (χ4n) is 3.69. The lowest BCUT2D eigenvalue weighted by Crippen LogP contribution is -3.06. The van der Waals surface area contributed by atoms with Crippen LogP contribution in [0.2, 0.25) is 0 Å². The van der Waals surface area contributed by atoms with Crippen molar-refractivity contribution in [1.29, 1.82) is 0 Å². The van der Waals surface area contributed by atoms with Crippen molar-refractivity contribution in [2.45, 2.75) is 32.4 Å². The van der Waals surface area contributed by atoms with Gasteiger partial charge >= 0.3 is 0 Å². The number of quaternary nitrogens is 1. The van der Waals surface area contributed by atoms with Gasteiger partial charge in [0.25, 0.3) is 5.56 Å². The number of nitrogens with zero attached hydrogens (tertiary/aromatic N) is 1. The molecule has 136 valence electrons. The van der Waals surface area contributed by atoms with Crippen molar-refractivity contribution in [1.82, 2.24) is 9.97 Å². The van der Waals surface area contributed by atoms with Crippen LogP contribution in [0.4, 0.5) is 0 Å². The minimum absolute atomic E-state index is 0.0113. The van der Waals surface area contributed by atoms with E-state index in [2.05, 4.69) is 34.0 Å². The minimum Gasteiger partial charge on any atom is -0.496 e. The fourth-order valence-corrected chi connectivity index (χ4v) is 5.38. The Morgan fingerprint density at radius 3 is 3.00 bits per heavy atom. The van der Waals surface area contributed by atoms with Gasteiger partial charge in [-0.3, -0.25) is 4.79 Å². The van der Waals surface area contributed by atoms with Crippen LogP contribution in [-0.2, 0) is 25.9 Å². The Bertz CT molecular complexity index is 1030. The van der Waals surface area contributed by atoms with Crippen LogP contribution in [0, 0.1) is 0 Å². The van der Waals surface area contributed by atoms with E-state index in [0.29, 0.717) is 6.54 Å². The molecule has 0 saturated heterocycles. The second-order valence-corrected chi connectivity index (χ2v) is 8.82. The van der Waals surface area contributed by atoms with Gasteiger partial charge in [0.05, 0.1) is 19.5 Å². The number of methoxy groups -OCH3 is 1. The van der Waals surface area contributed by atoms with E-state index in [9.17, 15) is 4.79 Å². The summed E-state index contributed by atoms with van der Waals surface area (Å²) >= 11 is 5.20. The number of rotatable bonds is 5. The van der Waals surface area contributed by atoms with E-state index < -0.39 is 0 Å². The number of nitrogens with one attached hydrogen (secondary N) is 2. The van der Waals surface area contributed by atoms with Crippen LogP contribution in [0.5, 0.6) is 5.75 Å². The molecule has 26 heavy (non-hydrogen) atoms. The molecule has 0 bridgehead atoms. The summed E-state index contributed by atoms with van der Waals surface area (Å²) in [5, 5.41) is 0.817. The molecule has 1 atom stereocenters. The number of halogens is 1. The molecule has 1 aliphatic rings. The molecule has 1 aromatic carbocycles. The number of H-pyrrole nitrogens is 1. The van der Waals surface area contributed by atoms with E-state index in [0.717, 1.165) is 57.6 Å². The number of aryl methyl sites for hydroxylation is 2. The van der Waals surface area contributed by atoms with Crippen molar-refractivity contribution in [3.05, 3.63) is 54.9 Å². The van der Waals surface area contributed by atoms with Gasteiger partial charge in [-0.15, -0.1) is 11.3 Å². The highest BCUT2D eigenvalue weighted by atomic mass is 79.9. The van der Waals surface area contributed by atoms with Crippen molar-refractivity contribution >= 4 is 37.5 Å². The molecule has 4 rings (SSSR count). The molecule has 5 nitrogen and oxygen atoms in total. The molecule has 0 aliphatic heterocycles. The summed E-state index contributed by atoms with van der Waals surface area (Å²) in [6, 6.07) is 6.01. The lowest BCUT2D eigenvalue weighted by Gasteiger charge is -2.16. The predicted molar refractivity (Wildman–Crippen MR) is 107 cm³/mol. The second-order valence-electron chi connectivity index (χ2n) is 6.82. The fraction of sp³-hybridized carbons (Fsp3) is 0.368. The highest BCUT2D eigenvalue weighted by Gasteiger charge is 2.21. The maximum atomic E-state index is 12.6. The molecule has 0 fully saturated rings.